The predicted octanol–water partition coefficient (Wildman–Crippen LogP) is 18.4. The maximum atomic E-state index is 13.0. The molecule has 408 valence electrons. The second kappa shape index (κ2) is 51.4. The first kappa shape index (κ1) is 67.5. The first-order chi connectivity index (χ1) is 33.0. The van der Waals surface area contributed by atoms with Gasteiger partial charge in [-0.15, -0.1) is 0 Å². The van der Waals surface area contributed by atoms with Gasteiger partial charge in [0, 0.05) is 6.42 Å². The Balaban J connectivity index is 4.09. The number of aliphatic hydroxyl groups excluding tert-OH is 1. The molecule has 0 saturated heterocycles. The molecule has 0 aliphatic heterocycles. The van der Waals surface area contributed by atoms with Crippen molar-refractivity contribution in [2.45, 2.75) is 334 Å². The molecule has 3 atom stereocenters. The molecule has 1 amide bonds. The van der Waals surface area contributed by atoms with Gasteiger partial charge in [0.2, 0.25) is 5.91 Å². The maximum absolute atomic E-state index is 13.0. The summed E-state index contributed by atoms with van der Waals surface area (Å²) in [6.45, 7) is 4.95. The molecule has 0 aromatic carbocycles. The largest absolute Gasteiger partial charge is 0.472 e. The van der Waals surface area contributed by atoms with Crippen molar-refractivity contribution in [1.29, 1.82) is 0 Å². The van der Waals surface area contributed by atoms with Crippen molar-refractivity contribution in [2.75, 3.05) is 40.9 Å². The molecule has 9 heteroatoms. The van der Waals surface area contributed by atoms with Crippen LogP contribution in [0.1, 0.15) is 322 Å². The zero-order valence-electron chi connectivity index (χ0n) is 46.6. The Labute approximate surface area is 425 Å². The van der Waals surface area contributed by atoms with Gasteiger partial charge in [-0.1, -0.05) is 303 Å². The molecule has 0 fully saturated rings. The number of carbonyl (C=O) groups is 1. The molecule has 0 rings (SSSR count). The van der Waals surface area contributed by atoms with Gasteiger partial charge in [0.05, 0.1) is 39.9 Å². The number of nitrogens with zero attached hydrogens (tertiary/aromatic N) is 1. The number of quaternary nitrogens is 1. The van der Waals surface area contributed by atoms with Gasteiger partial charge in [-0.3, -0.25) is 13.8 Å². The Bertz CT molecular complexity index is 1070. The number of hydrogen-bond acceptors (Lipinski definition) is 5. The van der Waals surface area contributed by atoms with Gasteiger partial charge in [-0.05, 0) is 12.8 Å². The fourth-order valence-corrected chi connectivity index (χ4v) is 10.3. The first-order valence-electron chi connectivity index (χ1n) is 30.4. The summed E-state index contributed by atoms with van der Waals surface area (Å²) in [6.07, 6.45) is 61.6. The van der Waals surface area contributed by atoms with Crippen LogP contribution in [0.25, 0.3) is 0 Å². The number of nitrogens with one attached hydrogen (secondary N) is 1. The zero-order valence-corrected chi connectivity index (χ0v) is 47.5. The Morgan fingerprint density at radius 2 is 0.706 bits per heavy atom. The number of phosphoric acid groups is 1. The predicted molar refractivity (Wildman–Crippen MR) is 296 cm³/mol. The Kier molecular flexibility index (Phi) is 51.0. The van der Waals surface area contributed by atoms with Crippen molar-refractivity contribution in [3.8, 4) is 0 Å². The summed E-state index contributed by atoms with van der Waals surface area (Å²) in [4.78, 5) is 23.4. The van der Waals surface area contributed by atoms with Crippen molar-refractivity contribution in [3.63, 3.8) is 0 Å². The van der Waals surface area contributed by atoms with E-state index in [9.17, 15) is 19.4 Å². The minimum Gasteiger partial charge on any atom is -0.391 e. The molecule has 3 unspecified atom stereocenters. The zero-order chi connectivity index (χ0) is 49.9. The molecule has 0 spiro atoms. The normalized spacial score (nSPS) is 13.8. The summed E-state index contributed by atoms with van der Waals surface area (Å²) in [5, 5.41) is 14.1. The van der Waals surface area contributed by atoms with E-state index in [0.29, 0.717) is 23.9 Å². The highest BCUT2D eigenvalue weighted by Crippen LogP contribution is 2.43. The molecule has 3 N–H and O–H groups in total. The van der Waals surface area contributed by atoms with Crippen LogP contribution in [0.15, 0.2) is 0 Å². The van der Waals surface area contributed by atoms with E-state index >= 15 is 0 Å². The fourth-order valence-electron chi connectivity index (χ4n) is 9.58. The molecule has 0 radical (unpaired) electrons. The summed E-state index contributed by atoms with van der Waals surface area (Å²) in [6, 6.07) is -0.755. The summed E-state index contributed by atoms with van der Waals surface area (Å²) >= 11 is 0. The van der Waals surface area contributed by atoms with Crippen molar-refractivity contribution >= 4 is 13.7 Å². The highest BCUT2D eigenvalue weighted by molar-refractivity contribution is 7.47. The first-order valence-corrected chi connectivity index (χ1v) is 31.9. The van der Waals surface area contributed by atoms with Gasteiger partial charge in [0.25, 0.3) is 0 Å². The molecule has 0 heterocycles. The van der Waals surface area contributed by atoms with Gasteiger partial charge in [-0.25, -0.2) is 4.57 Å². The average molecular weight is 987 g/mol. The van der Waals surface area contributed by atoms with Crippen LogP contribution in [-0.2, 0) is 18.4 Å². The number of carbonyl (C=O) groups excluding carboxylic acids is 1. The third-order valence-corrected chi connectivity index (χ3v) is 15.3. The number of hydrogen-bond donors (Lipinski definition) is 3. The number of unbranched alkanes of at least 4 members (excludes halogenated alkanes) is 44. The average Bonchev–Trinajstić information content (AvgIpc) is 3.30. The van der Waals surface area contributed by atoms with Gasteiger partial charge in [0.15, 0.2) is 0 Å². The summed E-state index contributed by atoms with van der Waals surface area (Å²) < 4.78 is 23.8. The molecule has 0 aliphatic rings. The monoisotopic (exact) mass is 986 g/mol. The Hall–Kier alpha value is -0.500. The molecule has 0 aliphatic carbocycles. The molecule has 68 heavy (non-hydrogen) atoms. The number of amides is 1. The lowest BCUT2D eigenvalue weighted by Crippen LogP contribution is -2.46. The number of rotatable bonds is 57. The molecular formula is C59H122N2O6P+. The highest BCUT2D eigenvalue weighted by Gasteiger charge is 2.28. The fraction of sp³-hybridized carbons (Fsp3) is 0.983. The van der Waals surface area contributed by atoms with E-state index in [1.54, 1.807) is 0 Å². The van der Waals surface area contributed by atoms with E-state index in [2.05, 4.69) is 19.2 Å². The molecular weight excluding hydrogens is 864 g/mol. The topological polar surface area (TPSA) is 105 Å². The number of likely N-dealkylation sites (N-methyl/N-ethyl adjacent to an activating group) is 1. The quantitative estimate of drug-likeness (QED) is 0.0319. The minimum atomic E-state index is -4.32. The third-order valence-electron chi connectivity index (χ3n) is 14.4. The lowest BCUT2D eigenvalue weighted by atomic mass is 10.0. The van der Waals surface area contributed by atoms with Crippen molar-refractivity contribution in [2.24, 2.45) is 0 Å². The molecule has 8 nitrogen and oxygen atoms in total. The highest BCUT2D eigenvalue weighted by atomic mass is 31.2. The molecule has 0 aromatic rings. The van der Waals surface area contributed by atoms with Gasteiger partial charge in [-0.2, -0.15) is 0 Å². The number of aliphatic hydroxyl groups is 1. The SMILES string of the molecule is CCCCCCCCCCCCCCCCCCCCCCCCCCC(=O)NC(COP(=O)(O)OCC[N+](C)(C)C)C(O)CCCCCCCCCCCCCCCCCCCCCCCC. The Morgan fingerprint density at radius 3 is 0.985 bits per heavy atom. The van der Waals surface area contributed by atoms with E-state index in [-0.39, 0.29) is 19.1 Å². The number of phosphoric ester groups is 1. The Morgan fingerprint density at radius 1 is 0.441 bits per heavy atom. The summed E-state index contributed by atoms with van der Waals surface area (Å²) in [5.41, 5.74) is 0. The van der Waals surface area contributed by atoms with Gasteiger partial charge >= 0.3 is 7.82 Å². The van der Waals surface area contributed by atoms with E-state index < -0.39 is 20.0 Å². The standard InChI is InChI=1S/C59H121N2O6P/c1-6-8-10-12-14-16-18-20-22-24-26-28-30-31-33-35-37-39-41-43-45-47-49-51-53-59(63)60-57(56-67-68(64,65)66-55-54-61(3,4)5)58(62)52-50-48-46-44-42-40-38-36-34-32-29-27-25-23-21-19-17-15-13-11-9-7-2/h57-58,62H,6-56H2,1-5H3,(H-,60,63,64,65)/p+1. The second-order valence-electron chi connectivity index (χ2n) is 22.4. The van der Waals surface area contributed by atoms with Gasteiger partial charge < -0.3 is 19.8 Å². The smallest absolute Gasteiger partial charge is 0.391 e. The molecule has 0 aromatic heterocycles. The van der Waals surface area contributed by atoms with E-state index in [1.807, 2.05) is 21.1 Å². The minimum absolute atomic E-state index is 0.0793. The molecule has 0 bridgehead atoms. The third kappa shape index (κ3) is 53.3. The van der Waals surface area contributed by atoms with E-state index in [0.717, 1.165) is 38.5 Å². The van der Waals surface area contributed by atoms with E-state index in [4.69, 9.17) is 9.05 Å². The van der Waals surface area contributed by atoms with Crippen LogP contribution in [0.2, 0.25) is 0 Å². The van der Waals surface area contributed by atoms with Crippen LogP contribution >= 0.6 is 7.82 Å². The van der Waals surface area contributed by atoms with Crippen LogP contribution in [0, 0.1) is 0 Å². The van der Waals surface area contributed by atoms with Crippen LogP contribution in [0.3, 0.4) is 0 Å². The van der Waals surface area contributed by atoms with Crippen molar-refractivity contribution < 1.29 is 32.9 Å². The van der Waals surface area contributed by atoms with Crippen LogP contribution in [0.5, 0.6) is 0 Å². The van der Waals surface area contributed by atoms with Crippen LogP contribution in [0.4, 0.5) is 0 Å². The van der Waals surface area contributed by atoms with E-state index in [1.165, 1.54) is 257 Å². The summed E-state index contributed by atoms with van der Waals surface area (Å²) in [5.74, 6) is -0.135. The van der Waals surface area contributed by atoms with Gasteiger partial charge in [0.1, 0.15) is 13.2 Å². The lowest BCUT2D eigenvalue weighted by molar-refractivity contribution is -0.870. The summed E-state index contributed by atoms with van der Waals surface area (Å²) in [7, 11) is 1.64. The molecule has 0 saturated carbocycles. The van der Waals surface area contributed by atoms with Crippen LogP contribution in [-0.4, -0.2) is 73.4 Å². The second-order valence-corrected chi connectivity index (χ2v) is 23.9. The van der Waals surface area contributed by atoms with Crippen LogP contribution < -0.4 is 5.32 Å². The maximum Gasteiger partial charge on any atom is 0.472 e. The lowest BCUT2D eigenvalue weighted by Gasteiger charge is -2.26. The van der Waals surface area contributed by atoms with Crippen molar-refractivity contribution in [1.82, 2.24) is 5.32 Å². The van der Waals surface area contributed by atoms with Crippen molar-refractivity contribution in [3.05, 3.63) is 0 Å².